The predicted molar refractivity (Wildman–Crippen MR) is 102 cm³/mol. The van der Waals surface area contributed by atoms with Crippen molar-refractivity contribution < 1.29 is 13.2 Å². The Labute approximate surface area is 149 Å². The number of rotatable bonds is 5. The molecule has 0 bridgehead atoms. The number of benzene rings is 2. The van der Waals surface area contributed by atoms with E-state index in [1.807, 2.05) is 31.2 Å². The maximum atomic E-state index is 11.6. The fourth-order valence-electron chi connectivity index (χ4n) is 3.00. The second kappa shape index (κ2) is 7.31. The zero-order chi connectivity index (χ0) is 17.9. The number of ether oxygens (including phenoxy) is 1. The van der Waals surface area contributed by atoms with Crippen molar-refractivity contribution in [2.45, 2.75) is 18.2 Å². The summed E-state index contributed by atoms with van der Waals surface area (Å²) in [6.45, 7) is 4.39. The van der Waals surface area contributed by atoms with Gasteiger partial charge in [-0.25, -0.2) is 8.42 Å². The fourth-order valence-corrected chi connectivity index (χ4v) is 3.63. The Hall–Kier alpha value is -2.27. The van der Waals surface area contributed by atoms with Crippen LogP contribution >= 0.6 is 0 Å². The lowest BCUT2D eigenvalue weighted by Crippen LogP contribution is -2.28. The van der Waals surface area contributed by atoms with Crippen LogP contribution in [0.3, 0.4) is 0 Å². The molecule has 0 amide bonds. The van der Waals surface area contributed by atoms with E-state index in [1.54, 1.807) is 12.1 Å². The van der Waals surface area contributed by atoms with Crippen molar-refractivity contribution in [2.24, 2.45) is 0 Å². The minimum atomic E-state index is -3.14. The molecule has 2 aromatic rings. The van der Waals surface area contributed by atoms with Crippen LogP contribution in [0, 0.1) is 0 Å². The minimum Gasteiger partial charge on any atom is -0.494 e. The highest BCUT2D eigenvalue weighted by Crippen LogP contribution is 2.27. The molecule has 0 saturated carbocycles. The lowest BCUT2D eigenvalue weighted by molar-refractivity contribution is 0.340. The summed E-state index contributed by atoms with van der Waals surface area (Å²) in [5.74, 6) is 0.898. The van der Waals surface area contributed by atoms with Crippen LogP contribution in [-0.2, 0) is 9.84 Å². The third-order valence-corrected chi connectivity index (χ3v) is 5.50. The van der Waals surface area contributed by atoms with Crippen LogP contribution in [0.5, 0.6) is 5.75 Å². The highest BCUT2D eigenvalue weighted by atomic mass is 32.2. The quantitative estimate of drug-likeness (QED) is 0.817. The van der Waals surface area contributed by atoms with Crippen molar-refractivity contribution in [3.63, 3.8) is 0 Å². The zero-order valence-electron chi connectivity index (χ0n) is 14.6. The monoisotopic (exact) mass is 357 g/mol. The largest absolute Gasteiger partial charge is 0.494 e. The van der Waals surface area contributed by atoms with Crippen molar-refractivity contribution in [1.29, 1.82) is 0 Å². The first-order valence-corrected chi connectivity index (χ1v) is 10.3. The summed E-state index contributed by atoms with van der Waals surface area (Å²) in [5.41, 5.74) is 3.62. The molecule has 0 N–H and O–H groups in total. The van der Waals surface area contributed by atoms with E-state index >= 15 is 0 Å². The van der Waals surface area contributed by atoms with E-state index in [9.17, 15) is 8.42 Å². The van der Waals surface area contributed by atoms with Gasteiger partial charge in [0.1, 0.15) is 5.75 Å². The van der Waals surface area contributed by atoms with E-state index < -0.39 is 9.84 Å². The second-order valence-electron chi connectivity index (χ2n) is 6.15. The van der Waals surface area contributed by atoms with Crippen LogP contribution in [0.4, 0.5) is 5.69 Å². The number of hydrogen-bond acceptors (Lipinski definition) is 4. The fraction of sp³-hybridized carbons (Fsp3) is 0.300. The van der Waals surface area contributed by atoms with Gasteiger partial charge in [-0.2, -0.15) is 0 Å². The predicted octanol–water partition coefficient (Wildman–Crippen LogP) is 3.78. The summed E-state index contributed by atoms with van der Waals surface area (Å²) in [6.07, 6.45) is 4.43. The van der Waals surface area contributed by atoms with Crippen molar-refractivity contribution in [3.8, 4) is 5.75 Å². The van der Waals surface area contributed by atoms with Gasteiger partial charge in [-0.3, -0.25) is 0 Å². The lowest BCUT2D eigenvalue weighted by Gasteiger charge is -2.28. The van der Waals surface area contributed by atoms with Gasteiger partial charge in [0.2, 0.25) is 0 Å². The maximum absolute atomic E-state index is 11.6. The Bertz CT molecular complexity index is 853. The lowest BCUT2D eigenvalue weighted by atomic mass is 9.99. The van der Waals surface area contributed by atoms with Gasteiger partial charge in [-0.15, -0.1) is 0 Å². The third-order valence-electron chi connectivity index (χ3n) is 4.38. The molecule has 0 aliphatic carbocycles. The van der Waals surface area contributed by atoms with E-state index in [2.05, 4.69) is 23.1 Å². The van der Waals surface area contributed by atoms with E-state index in [0.29, 0.717) is 11.5 Å². The number of hydrogen-bond donors (Lipinski definition) is 0. The van der Waals surface area contributed by atoms with Crippen LogP contribution < -0.4 is 9.64 Å². The number of anilines is 1. The normalized spacial score (nSPS) is 15.0. The summed E-state index contributed by atoms with van der Waals surface area (Å²) in [4.78, 5) is 2.61. The molecule has 1 aliphatic rings. The molecule has 5 heteroatoms. The van der Waals surface area contributed by atoms with Crippen molar-refractivity contribution in [3.05, 3.63) is 60.2 Å². The van der Waals surface area contributed by atoms with Gasteiger partial charge in [0.05, 0.1) is 11.5 Å². The number of nitrogens with zero attached hydrogens (tertiary/aromatic N) is 1. The molecule has 1 aliphatic heterocycles. The average Bonchev–Trinajstić information content (AvgIpc) is 2.62. The van der Waals surface area contributed by atoms with Gasteiger partial charge in [0, 0.05) is 25.0 Å². The smallest absolute Gasteiger partial charge is 0.175 e. The topological polar surface area (TPSA) is 46.6 Å². The summed E-state index contributed by atoms with van der Waals surface area (Å²) in [6, 6.07) is 15.3. The van der Waals surface area contributed by atoms with Gasteiger partial charge in [0.15, 0.2) is 9.84 Å². The molecule has 3 rings (SSSR count). The molecule has 0 radical (unpaired) electrons. The van der Waals surface area contributed by atoms with Crippen molar-refractivity contribution in [2.75, 3.05) is 30.9 Å². The van der Waals surface area contributed by atoms with E-state index in [4.69, 9.17) is 4.74 Å². The molecule has 25 heavy (non-hydrogen) atoms. The van der Waals surface area contributed by atoms with Gasteiger partial charge in [0.25, 0.3) is 0 Å². The van der Waals surface area contributed by atoms with Crippen molar-refractivity contribution >= 4 is 21.1 Å². The summed E-state index contributed by atoms with van der Waals surface area (Å²) < 4.78 is 28.6. The second-order valence-corrected chi connectivity index (χ2v) is 8.16. The molecule has 0 atom stereocenters. The third kappa shape index (κ3) is 4.23. The summed E-state index contributed by atoms with van der Waals surface area (Å²) in [7, 11) is -3.14. The van der Waals surface area contributed by atoms with Crippen LogP contribution in [-0.4, -0.2) is 34.4 Å². The van der Waals surface area contributed by atoms with Gasteiger partial charge in [-0.05, 0) is 60.9 Å². The molecule has 1 heterocycles. The van der Waals surface area contributed by atoms with Gasteiger partial charge < -0.3 is 9.64 Å². The van der Waals surface area contributed by atoms with E-state index in [-0.39, 0.29) is 0 Å². The molecule has 2 aromatic carbocycles. The number of sulfone groups is 1. The highest BCUT2D eigenvalue weighted by Gasteiger charge is 2.14. The molecule has 0 unspecified atom stereocenters. The van der Waals surface area contributed by atoms with Crippen LogP contribution in [0.1, 0.15) is 18.9 Å². The van der Waals surface area contributed by atoms with Crippen LogP contribution in [0.2, 0.25) is 0 Å². The molecule has 0 saturated heterocycles. The Morgan fingerprint density at radius 3 is 2.24 bits per heavy atom. The summed E-state index contributed by atoms with van der Waals surface area (Å²) >= 11 is 0. The standard InChI is InChI=1S/C20H23NO3S/c1-3-24-19-8-4-16(5-9-19)17-12-14-21(15-13-17)18-6-10-20(11-7-18)25(2,22)23/h4-12H,3,13-15H2,1-2H3. The van der Waals surface area contributed by atoms with E-state index in [1.165, 1.54) is 17.4 Å². The Kier molecular flexibility index (Phi) is 5.13. The first kappa shape index (κ1) is 17.5. The van der Waals surface area contributed by atoms with Gasteiger partial charge in [-0.1, -0.05) is 18.2 Å². The molecule has 0 fully saturated rings. The Morgan fingerprint density at radius 1 is 1.04 bits per heavy atom. The first-order chi connectivity index (χ1) is 12.0. The minimum absolute atomic E-state index is 0.360. The molecular formula is C20H23NO3S. The zero-order valence-corrected chi connectivity index (χ0v) is 15.4. The molecule has 0 aromatic heterocycles. The summed E-state index contributed by atoms with van der Waals surface area (Å²) in [5, 5.41) is 0. The van der Waals surface area contributed by atoms with Gasteiger partial charge >= 0.3 is 0 Å². The molecule has 4 nitrogen and oxygen atoms in total. The first-order valence-electron chi connectivity index (χ1n) is 8.44. The Balaban J connectivity index is 1.69. The van der Waals surface area contributed by atoms with Crippen LogP contribution in [0.15, 0.2) is 59.5 Å². The molecule has 132 valence electrons. The van der Waals surface area contributed by atoms with E-state index in [0.717, 1.165) is 30.9 Å². The maximum Gasteiger partial charge on any atom is 0.175 e. The highest BCUT2D eigenvalue weighted by molar-refractivity contribution is 7.90. The average molecular weight is 357 g/mol. The Morgan fingerprint density at radius 2 is 1.72 bits per heavy atom. The molecular weight excluding hydrogens is 334 g/mol. The molecule has 0 spiro atoms. The van der Waals surface area contributed by atoms with Crippen molar-refractivity contribution in [1.82, 2.24) is 0 Å². The van der Waals surface area contributed by atoms with Crippen LogP contribution in [0.25, 0.3) is 5.57 Å². The SMILES string of the molecule is CCOc1ccc(C2=CCN(c3ccc(S(C)(=O)=O)cc3)CC2)cc1.